The third-order valence-electron chi connectivity index (χ3n) is 2.66. The smallest absolute Gasteiger partial charge is 0.386 e. The van der Waals surface area contributed by atoms with Crippen molar-refractivity contribution >= 4 is 24.1 Å². The number of hydrogen-bond donors (Lipinski definition) is 0. The third-order valence-corrected chi connectivity index (χ3v) is 2.66. The van der Waals surface area contributed by atoms with E-state index >= 15 is 0 Å². The van der Waals surface area contributed by atoms with Crippen molar-refractivity contribution in [3.05, 3.63) is 42.1 Å². The van der Waals surface area contributed by atoms with Gasteiger partial charge in [0.1, 0.15) is 6.20 Å². The number of guanidine groups is 1. The van der Waals surface area contributed by atoms with Gasteiger partial charge in [-0.2, -0.15) is 5.10 Å². The van der Waals surface area contributed by atoms with Gasteiger partial charge in [0.15, 0.2) is 0 Å². The zero-order valence-corrected chi connectivity index (χ0v) is 10.9. The molecule has 94 valence electrons. The average Bonchev–Trinajstić information content (AvgIpc) is 2.67. The molecule has 0 aromatic heterocycles. The molecule has 0 fully saturated rings. The highest BCUT2D eigenvalue weighted by Crippen LogP contribution is 2.22. The van der Waals surface area contributed by atoms with Gasteiger partial charge in [0, 0.05) is 26.5 Å². The van der Waals surface area contributed by atoms with E-state index in [4.69, 9.17) is 0 Å². The van der Waals surface area contributed by atoms with Crippen LogP contribution in [-0.2, 0) is 0 Å². The topological polar surface area (TPSA) is 36.0 Å². The van der Waals surface area contributed by atoms with Crippen LogP contribution in [0.5, 0.6) is 0 Å². The molecule has 0 aliphatic carbocycles. The first-order valence-electron chi connectivity index (χ1n) is 5.65. The van der Waals surface area contributed by atoms with Crippen LogP contribution in [-0.4, -0.2) is 43.3 Å². The third kappa shape index (κ3) is 2.51. The molecule has 2 rings (SSSR count). The fraction of sp³-hybridized carbons (Fsp3) is 0.231. The van der Waals surface area contributed by atoms with Crippen LogP contribution in [0.2, 0.25) is 0 Å². The SMILES string of the molecule is C=[N+]1C=CN(C)C1=N[N-]c1ccc(N(C)C)cc1. The van der Waals surface area contributed by atoms with Gasteiger partial charge in [-0.3, -0.25) is 0 Å². The van der Waals surface area contributed by atoms with E-state index in [1.165, 1.54) is 0 Å². The minimum absolute atomic E-state index is 0.701. The largest absolute Gasteiger partial charge is 0.492 e. The molecule has 0 saturated carbocycles. The predicted octanol–water partition coefficient (Wildman–Crippen LogP) is 2.16. The van der Waals surface area contributed by atoms with Crippen LogP contribution in [0.1, 0.15) is 0 Å². The summed E-state index contributed by atoms with van der Waals surface area (Å²) in [5.74, 6) is 0.701. The molecule has 1 aromatic rings. The first-order valence-corrected chi connectivity index (χ1v) is 5.65. The first kappa shape index (κ1) is 12.2. The van der Waals surface area contributed by atoms with Crippen molar-refractivity contribution in [2.75, 3.05) is 26.0 Å². The van der Waals surface area contributed by atoms with Gasteiger partial charge in [-0.15, -0.1) is 5.69 Å². The molecular formula is C13H17N5. The van der Waals surface area contributed by atoms with E-state index in [2.05, 4.69) is 17.2 Å². The highest BCUT2D eigenvalue weighted by atomic mass is 15.4. The summed E-state index contributed by atoms with van der Waals surface area (Å²) in [7, 11) is 5.92. The van der Waals surface area contributed by atoms with E-state index in [1.807, 2.05) is 67.6 Å². The van der Waals surface area contributed by atoms with E-state index < -0.39 is 0 Å². The van der Waals surface area contributed by atoms with E-state index in [1.54, 1.807) is 4.58 Å². The summed E-state index contributed by atoms with van der Waals surface area (Å²) in [6, 6.07) is 7.90. The molecule has 0 spiro atoms. The van der Waals surface area contributed by atoms with E-state index in [-0.39, 0.29) is 0 Å². The summed E-state index contributed by atoms with van der Waals surface area (Å²) in [6.07, 6.45) is 3.72. The first-order chi connectivity index (χ1) is 8.58. The molecule has 5 heteroatoms. The fourth-order valence-corrected chi connectivity index (χ4v) is 1.56. The number of hydrogen-bond acceptors (Lipinski definition) is 2. The molecule has 18 heavy (non-hydrogen) atoms. The molecule has 0 radical (unpaired) electrons. The van der Waals surface area contributed by atoms with Crippen molar-refractivity contribution in [1.29, 1.82) is 0 Å². The summed E-state index contributed by atoms with van der Waals surface area (Å²) in [6.45, 7) is 3.83. The molecule has 1 heterocycles. The lowest BCUT2D eigenvalue weighted by atomic mass is 10.3. The van der Waals surface area contributed by atoms with Gasteiger partial charge in [0.05, 0.1) is 13.2 Å². The molecule has 1 aliphatic heterocycles. The molecule has 1 aliphatic rings. The molecular weight excluding hydrogens is 226 g/mol. The Labute approximate surface area is 107 Å². The van der Waals surface area contributed by atoms with Crippen LogP contribution in [0.3, 0.4) is 0 Å². The van der Waals surface area contributed by atoms with Crippen LogP contribution in [0.15, 0.2) is 41.8 Å². The fourth-order valence-electron chi connectivity index (χ4n) is 1.56. The van der Waals surface area contributed by atoms with E-state index in [0.29, 0.717) is 5.96 Å². The lowest BCUT2D eigenvalue weighted by molar-refractivity contribution is -0.315. The van der Waals surface area contributed by atoms with Gasteiger partial charge >= 0.3 is 5.96 Å². The number of rotatable bonds is 3. The van der Waals surface area contributed by atoms with Crippen LogP contribution in [0, 0.1) is 0 Å². The van der Waals surface area contributed by atoms with Gasteiger partial charge in [-0.25, -0.2) is 9.48 Å². The van der Waals surface area contributed by atoms with E-state index in [9.17, 15) is 0 Å². The van der Waals surface area contributed by atoms with Crippen molar-refractivity contribution in [1.82, 2.24) is 4.90 Å². The number of benzene rings is 1. The molecule has 1 aromatic carbocycles. The zero-order valence-electron chi connectivity index (χ0n) is 10.9. The van der Waals surface area contributed by atoms with Gasteiger partial charge in [-0.1, -0.05) is 12.1 Å². The van der Waals surface area contributed by atoms with Crippen molar-refractivity contribution in [3.63, 3.8) is 0 Å². The summed E-state index contributed by atoms with van der Waals surface area (Å²) in [4.78, 5) is 3.91. The Morgan fingerprint density at radius 3 is 2.44 bits per heavy atom. The molecule has 0 bridgehead atoms. The lowest BCUT2D eigenvalue weighted by Gasteiger charge is -2.16. The lowest BCUT2D eigenvalue weighted by Crippen LogP contribution is -2.23. The Morgan fingerprint density at radius 2 is 1.94 bits per heavy atom. The predicted molar refractivity (Wildman–Crippen MR) is 75.5 cm³/mol. The van der Waals surface area contributed by atoms with Gasteiger partial charge in [-0.05, 0) is 12.1 Å². The van der Waals surface area contributed by atoms with Crippen LogP contribution in [0.25, 0.3) is 5.43 Å². The molecule has 0 unspecified atom stereocenters. The Morgan fingerprint density at radius 1 is 1.28 bits per heavy atom. The second-order valence-corrected chi connectivity index (χ2v) is 4.29. The summed E-state index contributed by atoms with van der Waals surface area (Å²) in [5.41, 5.74) is 6.16. The molecule has 5 nitrogen and oxygen atoms in total. The number of nitrogens with zero attached hydrogens (tertiary/aromatic N) is 5. The normalized spacial score (nSPS) is 16.5. The minimum Gasteiger partial charge on any atom is -0.492 e. The second-order valence-electron chi connectivity index (χ2n) is 4.29. The Bertz CT molecular complexity index is 499. The van der Waals surface area contributed by atoms with Gasteiger partial charge in [0.2, 0.25) is 0 Å². The Balaban J connectivity index is 2.06. The van der Waals surface area contributed by atoms with Gasteiger partial charge in [0.25, 0.3) is 0 Å². The highest BCUT2D eigenvalue weighted by Gasteiger charge is 2.18. The molecule has 0 saturated heterocycles. The van der Waals surface area contributed by atoms with Gasteiger partial charge < -0.3 is 10.3 Å². The summed E-state index contributed by atoms with van der Waals surface area (Å²) < 4.78 is 1.68. The molecule has 0 N–H and O–H groups in total. The average molecular weight is 243 g/mol. The van der Waals surface area contributed by atoms with Crippen LogP contribution >= 0.6 is 0 Å². The summed E-state index contributed by atoms with van der Waals surface area (Å²) >= 11 is 0. The monoisotopic (exact) mass is 243 g/mol. The Hall–Kier alpha value is -2.30. The van der Waals surface area contributed by atoms with Crippen molar-refractivity contribution in [3.8, 4) is 0 Å². The quantitative estimate of drug-likeness (QED) is 0.602. The molecule has 0 atom stereocenters. The number of anilines is 1. The van der Waals surface area contributed by atoms with Crippen molar-refractivity contribution in [2.45, 2.75) is 0 Å². The van der Waals surface area contributed by atoms with Crippen LogP contribution < -0.4 is 4.90 Å². The maximum Gasteiger partial charge on any atom is 0.386 e. The standard InChI is InChI=1S/C13H17N5/c1-16(2)12-7-5-11(6-8-12)14-15-13-17(3)9-10-18(13)4/h5-10H,3H2,1-2,4H3. The highest BCUT2D eigenvalue weighted by molar-refractivity contribution is 5.78. The van der Waals surface area contributed by atoms with Crippen molar-refractivity contribution in [2.24, 2.45) is 5.10 Å². The second kappa shape index (κ2) is 4.91. The van der Waals surface area contributed by atoms with Crippen molar-refractivity contribution < 1.29 is 4.58 Å². The maximum absolute atomic E-state index is 4.20. The summed E-state index contributed by atoms with van der Waals surface area (Å²) in [5, 5.41) is 4.18. The zero-order chi connectivity index (χ0) is 13.1. The minimum atomic E-state index is 0.701. The molecule has 0 amide bonds. The Kier molecular flexibility index (Phi) is 3.32. The maximum atomic E-state index is 4.20. The van der Waals surface area contributed by atoms with E-state index in [0.717, 1.165) is 11.4 Å². The van der Waals surface area contributed by atoms with Crippen LogP contribution in [0.4, 0.5) is 11.4 Å².